The SMILES string of the molecule is CC(=O)Nc1cc(NC(=O)CCOc2ccc([N+](=O)[O-])cc2)ccc1Cl. The van der Waals surface area contributed by atoms with Crippen LogP contribution >= 0.6 is 11.6 Å². The minimum atomic E-state index is -0.501. The maximum Gasteiger partial charge on any atom is 0.269 e. The molecule has 2 aromatic rings. The number of nitro groups is 1. The first-order valence-electron chi connectivity index (χ1n) is 7.59. The maximum atomic E-state index is 12.0. The fraction of sp³-hybridized carbons (Fsp3) is 0.176. The molecule has 0 aromatic heterocycles. The molecule has 2 aromatic carbocycles. The summed E-state index contributed by atoms with van der Waals surface area (Å²) in [6, 6.07) is 10.3. The Labute approximate surface area is 154 Å². The second kappa shape index (κ2) is 8.82. The summed E-state index contributed by atoms with van der Waals surface area (Å²) in [5.41, 5.74) is 0.852. The van der Waals surface area contributed by atoms with Gasteiger partial charge in [0, 0.05) is 24.7 Å². The number of ether oxygens (including phenoxy) is 1. The molecule has 0 saturated carbocycles. The van der Waals surface area contributed by atoms with Gasteiger partial charge in [-0.25, -0.2) is 0 Å². The van der Waals surface area contributed by atoms with Crippen molar-refractivity contribution in [3.8, 4) is 5.75 Å². The first-order valence-corrected chi connectivity index (χ1v) is 7.97. The van der Waals surface area contributed by atoms with Gasteiger partial charge >= 0.3 is 0 Å². The van der Waals surface area contributed by atoms with Gasteiger partial charge in [-0.1, -0.05) is 11.6 Å². The molecule has 0 heterocycles. The molecular formula is C17H16ClN3O5. The molecule has 8 nitrogen and oxygen atoms in total. The highest BCUT2D eigenvalue weighted by molar-refractivity contribution is 6.33. The van der Waals surface area contributed by atoms with E-state index in [1.54, 1.807) is 18.2 Å². The summed E-state index contributed by atoms with van der Waals surface area (Å²) < 4.78 is 5.38. The lowest BCUT2D eigenvalue weighted by molar-refractivity contribution is -0.384. The molecule has 0 bridgehead atoms. The van der Waals surface area contributed by atoms with Gasteiger partial charge in [-0.2, -0.15) is 0 Å². The number of non-ortho nitro benzene ring substituents is 1. The lowest BCUT2D eigenvalue weighted by atomic mass is 10.2. The monoisotopic (exact) mass is 377 g/mol. The first-order chi connectivity index (χ1) is 12.3. The third-order valence-electron chi connectivity index (χ3n) is 3.21. The summed E-state index contributed by atoms with van der Waals surface area (Å²) in [5.74, 6) is -0.127. The zero-order chi connectivity index (χ0) is 19.1. The Bertz CT molecular complexity index is 824. The molecule has 2 amide bonds. The molecule has 2 N–H and O–H groups in total. The van der Waals surface area contributed by atoms with E-state index in [4.69, 9.17) is 16.3 Å². The molecule has 0 saturated heterocycles. The number of hydrogen-bond acceptors (Lipinski definition) is 5. The molecule has 0 spiro atoms. The van der Waals surface area contributed by atoms with Crippen LogP contribution < -0.4 is 15.4 Å². The van der Waals surface area contributed by atoms with Crippen molar-refractivity contribution in [3.05, 3.63) is 57.6 Å². The average molecular weight is 378 g/mol. The van der Waals surface area contributed by atoms with Crippen LogP contribution in [-0.2, 0) is 9.59 Å². The third-order valence-corrected chi connectivity index (χ3v) is 3.54. The van der Waals surface area contributed by atoms with E-state index >= 15 is 0 Å². The van der Waals surface area contributed by atoms with Gasteiger partial charge in [-0.15, -0.1) is 0 Å². The Morgan fingerprint density at radius 1 is 1.15 bits per heavy atom. The summed E-state index contributed by atoms with van der Waals surface area (Å²) in [6.07, 6.45) is 0.0785. The van der Waals surface area contributed by atoms with E-state index in [0.29, 0.717) is 22.1 Å². The number of nitro benzene ring substituents is 1. The topological polar surface area (TPSA) is 111 Å². The summed E-state index contributed by atoms with van der Waals surface area (Å²) in [5, 5.41) is 16.2. The van der Waals surface area contributed by atoms with E-state index in [1.165, 1.54) is 31.2 Å². The summed E-state index contributed by atoms with van der Waals surface area (Å²) in [4.78, 5) is 33.2. The first kappa shape index (κ1) is 19.2. The summed E-state index contributed by atoms with van der Waals surface area (Å²) in [6.45, 7) is 1.47. The smallest absolute Gasteiger partial charge is 0.269 e. The van der Waals surface area contributed by atoms with Gasteiger partial charge in [-0.3, -0.25) is 19.7 Å². The van der Waals surface area contributed by atoms with Crippen LogP contribution in [0.2, 0.25) is 5.02 Å². The number of amides is 2. The van der Waals surface area contributed by atoms with Crippen molar-refractivity contribution >= 4 is 40.5 Å². The van der Waals surface area contributed by atoms with E-state index in [0.717, 1.165) is 0 Å². The minimum Gasteiger partial charge on any atom is -0.493 e. The molecule has 0 aliphatic rings. The zero-order valence-electron chi connectivity index (χ0n) is 13.8. The minimum absolute atomic E-state index is 0.0344. The van der Waals surface area contributed by atoms with Gasteiger partial charge in [0.25, 0.3) is 5.69 Å². The van der Waals surface area contributed by atoms with E-state index < -0.39 is 4.92 Å². The Hall–Kier alpha value is -3.13. The molecule has 0 aliphatic heterocycles. The standard InChI is InChI=1S/C17H16ClN3O5/c1-11(22)19-16-10-12(2-7-15(16)18)20-17(23)8-9-26-14-5-3-13(4-6-14)21(24)25/h2-7,10H,8-9H2,1H3,(H,19,22)(H,20,23). The van der Waals surface area contributed by atoms with Crippen LogP contribution in [0.3, 0.4) is 0 Å². The molecule has 9 heteroatoms. The van der Waals surface area contributed by atoms with Crippen LogP contribution in [0.4, 0.5) is 17.1 Å². The molecule has 0 aliphatic carbocycles. The van der Waals surface area contributed by atoms with Gasteiger partial charge in [0.2, 0.25) is 11.8 Å². The molecule has 2 rings (SSSR count). The zero-order valence-corrected chi connectivity index (χ0v) is 14.6. The molecule has 0 unspecified atom stereocenters. The highest BCUT2D eigenvalue weighted by Crippen LogP contribution is 2.25. The summed E-state index contributed by atoms with van der Waals surface area (Å²) in [7, 11) is 0. The van der Waals surface area contributed by atoms with Crippen molar-refractivity contribution in [3.63, 3.8) is 0 Å². The van der Waals surface area contributed by atoms with Crippen LogP contribution in [0.25, 0.3) is 0 Å². The van der Waals surface area contributed by atoms with Gasteiger partial charge in [0.1, 0.15) is 5.75 Å². The number of nitrogens with one attached hydrogen (secondary N) is 2. The number of rotatable bonds is 7. The van der Waals surface area contributed by atoms with E-state index in [1.807, 2.05) is 0 Å². The van der Waals surface area contributed by atoms with E-state index in [-0.39, 0.29) is 30.5 Å². The number of carbonyl (C=O) groups excluding carboxylic acids is 2. The highest BCUT2D eigenvalue weighted by Gasteiger charge is 2.08. The molecule has 26 heavy (non-hydrogen) atoms. The van der Waals surface area contributed by atoms with Crippen molar-refractivity contribution in [2.75, 3.05) is 17.2 Å². The van der Waals surface area contributed by atoms with Gasteiger partial charge in [-0.05, 0) is 30.3 Å². The lowest BCUT2D eigenvalue weighted by Crippen LogP contribution is -2.15. The highest BCUT2D eigenvalue weighted by atomic mass is 35.5. The predicted octanol–water partition coefficient (Wildman–Crippen LogP) is 3.61. The number of hydrogen-bond donors (Lipinski definition) is 2. The Balaban J connectivity index is 1.85. The average Bonchev–Trinajstić information content (AvgIpc) is 2.58. The number of nitrogens with zero attached hydrogens (tertiary/aromatic N) is 1. The Morgan fingerprint density at radius 3 is 2.46 bits per heavy atom. The predicted molar refractivity (Wildman–Crippen MR) is 97.6 cm³/mol. The van der Waals surface area contributed by atoms with Crippen LogP contribution in [0, 0.1) is 10.1 Å². The quantitative estimate of drug-likeness (QED) is 0.565. The third kappa shape index (κ3) is 5.75. The van der Waals surface area contributed by atoms with Crippen LogP contribution in [0.1, 0.15) is 13.3 Å². The molecule has 0 fully saturated rings. The van der Waals surface area contributed by atoms with E-state index in [9.17, 15) is 19.7 Å². The Kier molecular flexibility index (Phi) is 6.51. The normalized spacial score (nSPS) is 10.1. The van der Waals surface area contributed by atoms with Crippen LogP contribution in [-0.4, -0.2) is 23.3 Å². The van der Waals surface area contributed by atoms with Gasteiger partial charge < -0.3 is 15.4 Å². The van der Waals surface area contributed by atoms with Crippen molar-refractivity contribution in [2.45, 2.75) is 13.3 Å². The van der Waals surface area contributed by atoms with E-state index in [2.05, 4.69) is 10.6 Å². The van der Waals surface area contributed by atoms with Gasteiger partial charge in [0.05, 0.1) is 28.7 Å². The largest absolute Gasteiger partial charge is 0.493 e. The maximum absolute atomic E-state index is 12.0. The Morgan fingerprint density at radius 2 is 1.85 bits per heavy atom. The molecular weight excluding hydrogens is 362 g/mol. The van der Waals surface area contributed by atoms with Crippen LogP contribution in [0.15, 0.2) is 42.5 Å². The lowest BCUT2D eigenvalue weighted by Gasteiger charge is -2.10. The summed E-state index contributed by atoms with van der Waals surface area (Å²) >= 11 is 5.97. The number of benzene rings is 2. The second-order valence-electron chi connectivity index (χ2n) is 5.27. The van der Waals surface area contributed by atoms with Crippen molar-refractivity contribution in [1.82, 2.24) is 0 Å². The van der Waals surface area contributed by atoms with Crippen molar-refractivity contribution in [1.29, 1.82) is 0 Å². The fourth-order valence-electron chi connectivity index (χ4n) is 2.04. The van der Waals surface area contributed by atoms with Crippen molar-refractivity contribution in [2.24, 2.45) is 0 Å². The number of halogens is 1. The van der Waals surface area contributed by atoms with Gasteiger partial charge in [0.15, 0.2) is 0 Å². The number of carbonyl (C=O) groups is 2. The molecule has 0 atom stereocenters. The molecule has 136 valence electrons. The number of anilines is 2. The fourth-order valence-corrected chi connectivity index (χ4v) is 2.20. The van der Waals surface area contributed by atoms with Crippen LogP contribution in [0.5, 0.6) is 5.75 Å². The van der Waals surface area contributed by atoms with Crippen molar-refractivity contribution < 1.29 is 19.2 Å². The second-order valence-corrected chi connectivity index (χ2v) is 5.68. The molecule has 0 radical (unpaired) electrons.